The number of nitrogens with zero attached hydrogens (tertiary/aromatic N) is 2. The Labute approximate surface area is 176 Å². The number of carbonyl (C=O) groups excluding carboxylic acids is 2. The average molecular weight is 403 g/mol. The van der Waals surface area contributed by atoms with Gasteiger partial charge in [-0.05, 0) is 42.3 Å². The lowest BCUT2D eigenvalue weighted by Gasteiger charge is -2.35. The first kappa shape index (κ1) is 19.8. The molecule has 6 heteroatoms. The van der Waals surface area contributed by atoms with E-state index >= 15 is 0 Å². The highest BCUT2D eigenvalue weighted by molar-refractivity contribution is 5.92. The van der Waals surface area contributed by atoms with Crippen LogP contribution < -0.4 is 5.32 Å². The van der Waals surface area contributed by atoms with Gasteiger partial charge in [0.1, 0.15) is 6.04 Å². The van der Waals surface area contributed by atoms with Crippen molar-refractivity contribution < 1.29 is 14.0 Å². The molecule has 0 saturated carbocycles. The number of anilines is 1. The largest absolute Gasteiger partial charge is 0.459 e. The fourth-order valence-electron chi connectivity index (χ4n) is 3.66. The molecule has 0 aliphatic carbocycles. The predicted octanol–water partition coefficient (Wildman–Crippen LogP) is 3.73. The molecule has 0 radical (unpaired) electrons. The summed E-state index contributed by atoms with van der Waals surface area (Å²) in [5.41, 5.74) is 3.20. The van der Waals surface area contributed by atoms with Gasteiger partial charge in [-0.2, -0.15) is 0 Å². The highest BCUT2D eigenvalue weighted by atomic mass is 16.3. The van der Waals surface area contributed by atoms with Gasteiger partial charge in [-0.3, -0.25) is 9.59 Å². The SMILES string of the molecule is C[C@H](Nc1ccc(-c2ccccc2)cc1)C(=O)N1CCN(C(=O)c2ccco2)CC1. The summed E-state index contributed by atoms with van der Waals surface area (Å²) >= 11 is 0. The summed E-state index contributed by atoms with van der Waals surface area (Å²) in [5.74, 6) is 0.243. The number of carbonyl (C=O) groups is 2. The van der Waals surface area contributed by atoms with Gasteiger partial charge >= 0.3 is 0 Å². The van der Waals surface area contributed by atoms with Gasteiger partial charge in [-0.15, -0.1) is 0 Å². The lowest BCUT2D eigenvalue weighted by atomic mass is 10.1. The van der Waals surface area contributed by atoms with E-state index in [0.29, 0.717) is 31.9 Å². The molecule has 6 nitrogen and oxygen atoms in total. The van der Waals surface area contributed by atoms with Crippen LogP contribution in [0.15, 0.2) is 77.4 Å². The molecule has 154 valence electrons. The van der Waals surface area contributed by atoms with E-state index in [0.717, 1.165) is 16.8 Å². The smallest absolute Gasteiger partial charge is 0.289 e. The fraction of sp³-hybridized carbons (Fsp3) is 0.250. The molecule has 2 amide bonds. The first-order valence-electron chi connectivity index (χ1n) is 10.2. The van der Waals surface area contributed by atoms with Crippen molar-refractivity contribution in [3.05, 3.63) is 78.8 Å². The normalized spacial score (nSPS) is 15.0. The molecule has 0 unspecified atom stereocenters. The van der Waals surface area contributed by atoms with E-state index in [4.69, 9.17) is 4.42 Å². The molecule has 1 N–H and O–H groups in total. The van der Waals surface area contributed by atoms with Gasteiger partial charge in [-0.1, -0.05) is 42.5 Å². The van der Waals surface area contributed by atoms with Crippen molar-refractivity contribution in [1.82, 2.24) is 9.80 Å². The summed E-state index contributed by atoms with van der Waals surface area (Å²) in [4.78, 5) is 28.7. The number of hydrogen-bond donors (Lipinski definition) is 1. The third kappa shape index (κ3) is 4.38. The third-order valence-electron chi connectivity index (χ3n) is 5.36. The zero-order valence-corrected chi connectivity index (χ0v) is 17.0. The van der Waals surface area contributed by atoms with Crippen molar-refractivity contribution in [1.29, 1.82) is 0 Å². The van der Waals surface area contributed by atoms with Crippen molar-refractivity contribution in [2.45, 2.75) is 13.0 Å². The van der Waals surface area contributed by atoms with Crippen molar-refractivity contribution in [3.63, 3.8) is 0 Å². The average Bonchev–Trinajstić information content (AvgIpc) is 3.34. The van der Waals surface area contributed by atoms with Gasteiger partial charge in [0.25, 0.3) is 5.91 Å². The number of piperazine rings is 1. The van der Waals surface area contributed by atoms with Gasteiger partial charge in [0.2, 0.25) is 5.91 Å². The molecule has 1 aromatic heterocycles. The maximum absolute atomic E-state index is 12.8. The lowest BCUT2D eigenvalue weighted by molar-refractivity contribution is -0.133. The minimum atomic E-state index is -0.347. The minimum Gasteiger partial charge on any atom is -0.459 e. The van der Waals surface area contributed by atoms with Crippen LogP contribution in [0.1, 0.15) is 17.5 Å². The van der Waals surface area contributed by atoms with Crippen molar-refractivity contribution in [3.8, 4) is 11.1 Å². The highest BCUT2D eigenvalue weighted by Gasteiger charge is 2.28. The zero-order valence-electron chi connectivity index (χ0n) is 17.0. The molecular weight excluding hydrogens is 378 g/mol. The Kier molecular flexibility index (Phi) is 5.84. The molecule has 1 aliphatic rings. The molecule has 1 fully saturated rings. The summed E-state index contributed by atoms with van der Waals surface area (Å²) in [6.07, 6.45) is 1.49. The van der Waals surface area contributed by atoms with Crippen LogP contribution in [0.2, 0.25) is 0 Å². The molecule has 0 spiro atoms. The van der Waals surface area contributed by atoms with E-state index in [-0.39, 0.29) is 17.9 Å². The molecule has 1 atom stereocenters. The Morgan fingerprint density at radius 3 is 2.10 bits per heavy atom. The first-order chi connectivity index (χ1) is 14.6. The molecule has 3 aromatic rings. The van der Waals surface area contributed by atoms with Crippen molar-refractivity contribution in [2.75, 3.05) is 31.5 Å². The molecule has 4 rings (SSSR count). The Morgan fingerprint density at radius 1 is 0.833 bits per heavy atom. The van der Waals surface area contributed by atoms with E-state index in [1.807, 2.05) is 54.3 Å². The number of furan rings is 1. The van der Waals surface area contributed by atoms with E-state index in [1.54, 1.807) is 17.0 Å². The van der Waals surface area contributed by atoms with Crippen molar-refractivity contribution in [2.24, 2.45) is 0 Å². The summed E-state index contributed by atoms with van der Waals surface area (Å²) in [6.45, 7) is 3.91. The van der Waals surface area contributed by atoms with Crippen LogP contribution in [0.25, 0.3) is 11.1 Å². The monoisotopic (exact) mass is 403 g/mol. The zero-order chi connectivity index (χ0) is 20.9. The molecule has 2 heterocycles. The van der Waals surface area contributed by atoms with Crippen LogP contribution in [0.4, 0.5) is 5.69 Å². The van der Waals surface area contributed by atoms with E-state index in [2.05, 4.69) is 17.4 Å². The predicted molar refractivity (Wildman–Crippen MR) is 116 cm³/mol. The molecule has 30 heavy (non-hydrogen) atoms. The summed E-state index contributed by atoms with van der Waals surface area (Å²) < 4.78 is 5.18. The molecule has 2 aromatic carbocycles. The molecular formula is C24H25N3O3. The number of hydrogen-bond acceptors (Lipinski definition) is 4. The topological polar surface area (TPSA) is 65.8 Å². The molecule has 1 aliphatic heterocycles. The Bertz CT molecular complexity index is 976. The number of benzene rings is 2. The summed E-state index contributed by atoms with van der Waals surface area (Å²) in [6, 6.07) is 21.3. The Morgan fingerprint density at radius 2 is 1.47 bits per heavy atom. The van der Waals surface area contributed by atoms with Crippen molar-refractivity contribution >= 4 is 17.5 Å². The maximum Gasteiger partial charge on any atom is 0.289 e. The minimum absolute atomic E-state index is 0.0345. The van der Waals surface area contributed by atoms with Crippen LogP contribution in [0.3, 0.4) is 0 Å². The Balaban J connectivity index is 1.30. The first-order valence-corrected chi connectivity index (χ1v) is 10.2. The maximum atomic E-state index is 12.8. The van der Waals surface area contributed by atoms with Crippen LogP contribution in [-0.2, 0) is 4.79 Å². The van der Waals surface area contributed by atoms with E-state index in [9.17, 15) is 9.59 Å². The number of amides is 2. The highest BCUT2D eigenvalue weighted by Crippen LogP contribution is 2.21. The summed E-state index contributed by atoms with van der Waals surface area (Å²) in [7, 11) is 0. The van der Waals surface area contributed by atoms with Crippen LogP contribution >= 0.6 is 0 Å². The van der Waals surface area contributed by atoms with Gasteiger partial charge in [0, 0.05) is 31.9 Å². The molecule has 0 bridgehead atoms. The van der Waals surface area contributed by atoms with E-state index < -0.39 is 0 Å². The fourth-order valence-corrected chi connectivity index (χ4v) is 3.66. The summed E-state index contributed by atoms with van der Waals surface area (Å²) in [5, 5.41) is 3.29. The lowest BCUT2D eigenvalue weighted by Crippen LogP contribution is -2.53. The third-order valence-corrected chi connectivity index (χ3v) is 5.36. The van der Waals surface area contributed by atoms with Crippen LogP contribution in [0, 0.1) is 0 Å². The number of rotatable bonds is 5. The van der Waals surface area contributed by atoms with Gasteiger partial charge < -0.3 is 19.5 Å². The van der Waals surface area contributed by atoms with Gasteiger partial charge in [-0.25, -0.2) is 0 Å². The number of nitrogens with one attached hydrogen (secondary N) is 1. The van der Waals surface area contributed by atoms with E-state index in [1.165, 1.54) is 6.26 Å². The second-order valence-corrected chi connectivity index (χ2v) is 7.40. The standard InChI is InChI=1S/C24H25N3O3/c1-18(25-21-11-9-20(10-12-21)19-6-3-2-4-7-19)23(28)26-13-15-27(16-14-26)24(29)22-8-5-17-30-22/h2-12,17-18,25H,13-16H2,1H3/t18-/m0/s1. The van der Waals surface area contributed by atoms with Gasteiger partial charge in [0.15, 0.2) is 5.76 Å². The van der Waals surface area contributed by atoms with Crippen LogP contribution in [0.5, 0.6) is 0 Å². The quantitative estimate of drug-likeness (QED) is 0.705. The second-order valence-electron chi connectivity index (χ2n) is 7.40. The molecule has 1 saturated heterocycles. The second kappa shape index (κ2) is 8.86. The van der Waals surface area contributed by atoms with Gasteiger partial charge in [0.05, 0.1) is 6.26 Å². The Hall–Kier alpha value is -3.54. The van der Waals surface area contributed by atoms with Crippen LogP contribution in [-0.4, -0.2) is 53.8 Å².